The third-order valence-electron chi connectivity index (χ3n) is 4.07. The van der Waals surface area contributed by atoms with E-state index in [-0.39, 0.29) is 11.2 Å². The molecule has 4 rings (SSSR count). The first-order valence-corrected chi connectivity index (χ1v) is 8.82. The van der Waals surface area contributed by atoms with Gasteiger partial charge in [0.1, 0.15) is 10.6 Å². The van der Waals surface area contributed by atoms with Gasteiger partial charge in [-0.15, -0.1) is 11.3 Å². The van der Waals surface area contributed by atoms with Crippen molar-refractivity contribution in [3.8, 4) is 0 Å². The van der Waals surface area contributed by atoms with Crippen molar-refractivity contribution in [3.05, 3.63) is 40.4 Å². The van der Waals surface area contributed by atoms with Crippen molar-refractivity contribution in [3.63, 3.8) is 0 Å². The van der Waals surface area contributed by atoms with Crippen LogP contribution in [0.4, 0.5) is 5.82 Å². The maximum atomic E-state index is 12.3. The molecule has 6 nitrogen and oxygen atoms in total. The minimum atomic E-state index is -0.0723. The predicted molar refractivity (Wildman–Crippen MR) is 94.0 cm³/mol. The summed E-state index contributed by atoms with van der Waals surface area (Å²) >= 11 is 7.69. The maximum absolute atomic E-state index is 12.3. The number of piperazine rings is 1. The van der Waals surface area contributed by atoms with Crippen LogP contribution in [0.5, 0.6) is 0 Å². The number of furan rings is 1. The number of hydrogen-bond donors (Lipinski definition) is 0. The summed E-state index contributed by atoms with van der Waals surface area (Å²) in [6.07, 6.45) is 1.52. The van der Waals surface area contributed by atoms with Gasteiger partial charge in [0.05, 0.1) is 11.6 Å². The number of nitrogens with zero attached hydrogens (tertiary/aromatic N) is 4. The molecule has 0 atom stereocenters. The summed E-state index contributed by atoms with van der Waals surface area (Å²) < 4.78 is 5.19. The molecule has 0 N–H and O–H groups in total. The average Bonchev–Trinajstić information content (AvgIpc) is 3.22. The Morgan fingerprint density at radius 2 is 2.08 bits per heavy atom. The molecule has 3 aromatic rings. The van der Waals surface area contributed by atoms with Gasteiger partial charge in [0.2, 0.25) is 5.28 Å². The highest BCUT2D eigenvalue weighted by Gasteiger charge is 2.25. The Kier molecular flexibility index (Phi) is 3.90. The number of thiophene rings is 1. The van der Waals surface area contributed by atoms with Crippen LogP contribution in [0.3, 0.4) is 0 Å². The Bertz CT molecular complexity index is 885. The van der Waals surface area contributed by atoms with Gasteiger partial charge in [-0.05, 0) is 36.7 Å². The Hall–Kier alpha value is -2.12. The van der Waals surface area contributed by atoms with Crippen LogP contribution in [0, 0.1) is 6.92 Å². The van der Waals surface area contributed by atoms with Gasteiger partial charge in [-0.3, -0.25) is 4.79 Å². The molecular formula is C16H15ClN4O2S. The second-order valence-electron chi connectivity index (χ2n) is 5.65. The largest absolute Gasteiger partial charge is 0.459 e. The fourth-order valence-corrected chi connectivity index (χ4v) is 4.01. The monoisotopic (exact) mass is 362 g/mol. The Balaban J connectivity index is 1.55. The molecule has 1 saturated heterocycles. The van der Waals surface area contributed by atoms with E-state index in [1.807, 2.05) is 6.92 Å². The molecule has 124 valence electrons. The quantitative estimate of drug-likeness (QED) is 0.655. The number of fused-ring (bicyclic) bond motifs is 1. The van der Waals surface area contributed by atoms with Gasteiger partial charge in [-0.25, -0.2) is 4.98 Å². The third kappa shape index (κ3) is 2.74. The lowest BCUT2D eigenvalue weighted by Crippen LogP contribution is -2.49. The van der Waals surface area contributed by atoms with E-state index < -0.39 is 0 Å². The highest BCUT2D eigenvalue weighted by atomic mass is 35.5. The zero-order valence-corrected chi connectivity index (χ0v) is 14.6. The van der Waals surface area contributed by atoms with Crippen LogP contribution in [0.1, 0.15) is 15.4 Å². The predicted octanol–water partition coefficient (Wildman–Crippen LogP) is 3.21. The van der Waals surface area contributed by atoms with Gasteiger partial charge in [-0.1, -0.05) is 0 Å². The highest BCUT2D eigenvalue weighted by Crippen LogP contribution is 2.32. The van der Waals surface area contributed by atoms with Gasteiger partial charge >= 0.3 is 0 Å². The molecule has 1 aliphatic heterocycles. The van der Waals surface area contributed by atoms with Crippen LogP contribution in [0.25, 0.3) is 10.2 Å². The summed E-state index contributed by atoms with van der Waals surface area (Å²) in [5, 5.41) is 1.28. The highest BCUT2D eigenvalue weighted by molar-refractivity contribution is 7.18. The van der Waals surface area contributed by atoms with Gasteiger partial charge in [0.25, 0.3) is 5.91 Å². The summed E-state index contributed by atoms with van der Waals surface area (Å²) in [6, 6.07) is 5.50. The zero-order valence-electron chi connectivity index (χ0n) is 13.0. The van der Waals surface area contributed by atoms with Crippen molar-refractivity contribution in [2.45, 2.75) is 6.92 Å². The second kappa shape index (κ2) is 6.07. The van der Waals surface area contributed by atoms with Crippen LogP contribution >= 0.6 is 22.9 Å². The van der Waals surface area contributed by atoms with E-state index in [0.29, 0.717) is 31.9 Å². The van der Waals surface area contributed by atoms with E-state index in [2.05, 4.69) is 20.9 Å². The fraction of sp³-hybridized carbons (Fsp3) is 0.312. The number of aryl methyl sites for hydroxylation is 1. The molecule has 0 radical (unpaired) electrons. The molecule has 3 aromatic heterocycles. The molecule has 24 heavy (non-hydrogen) atoms. The lowest BCUT2D eigenvalue weighted by Gasteiger charge is -2.35. The van der Waals surface area contributed by atoms with Crippen molar-refractivity contribution in [1.29, 1.82) is 0 Å². The Labute approximate surface area is 147 Å². The fourth-order valence-electron chi connectivity index (χ4n) is 2.92. The topological polar surface area (TPSA) is 62.5 Å². The molecule has 0 bridgehead atoms. The molecule has 0 aromatic carbocycles. The molecule has 4 heterocycles. The molecule has 0 aliphatic carbocycles. The van der Waals surface area contributed by atoms with E-state index in [9.17, 15) is 4.79 Å². The van der Waals surface area contributed by atoms with Gasteiger partial charge in [-0.2, -0.15) is 4.98 Å². The first kappa shape index (κ1) is 15.4. The number of rotatable bonds is 2. The Morgan fingerprint density at radius 3 is 2.79 bits per heavy atom. The molecule has 1 fully saturated rings. The van der Waals surface area contributed by atoms with E-state index >= 15 is 0 Å². The summed E-state index contributed by atoms with van der Waals surface area (Å²) in [5.74, 6) is 1.15. The van der Waals surface area contributed by atoms with Crippen LogP contribution in [-0.2, 0) is 0 Å². The van der Waals surface area contributed by atoms with E-state index in [0.717, 1.165) is 16.0 Å². The SMILES string of the molecule is Cc1cc2c(N3CCN(C(=O)c4ccco4)CC3)nc(Cl)nc2s1. The number of anilines is 1. The lowest BCUT2D eigenvalue weighted by molar-refractivity contribution is 0.0714. The summed E-state index contributed by atoms with van der Waals surface area (Å²) in [4.78, 5) is 27.1. The molecule has 0 saturated carbocycles. The molecule has 0 spiro atoms. The van der Waals surface area contributed by atoms with Crippen LogP contribution in [0.15, 0.2) is 28.9 Å². The second-order valence-corrected chi connectivity index (χ2v) is 7.22. The average molecular weight is 363 g/mol. The van der Waals surface area contributed by atoms with Crippen molar-refractivity contribution >= 4 is 44.9 Å². The van der Waals surface area contributed by atoms with E-state index in [1.165, 1.54) is 11.1 Å². The smallest absolute Gasteiger partial charge is 0.289 e. The summed E-state index contributed by atoms with van der Waals surface area (Å²) in [6.45, 7) is 4.68. The van der Waals surface area contributed by atoms with Crippen molar-refractivity contribution < 1.29 is 9.21 Å². The molecule has 0 unspecified atom stereocenters. The number of hydrogen-bond acceptors (Lipinski definition) is 6. The molecule has 8 heteroatoms. The number of carbonyl (C=O) groups excluding carboxylic acids is 1. The minimum absolute atomic E-state index is 0.0723. The number of halogens is 1. The van der Waals surface area contributed by atoms with E-state index in [4.69, 9.17) is 16.0 Å². The molecule has 1 amide bonds. The van der Waals surface area contributed by atoms with Gasteiger partial charge in [0.15, 0.2) is 5.76 Å². The first-order chi connectivity index (χ1) is 11.6. The maximum Gasteiger partial charge on any atom is 0.289 e. The van der Waals surface area contributed by atoms with Gasteiger partial charge < -0.3 is 14.2 Å². The lowest BCUT2D eigenvalue weighted by atomic mass is 10.2. The minimum Gasteiger partial charge on any atom is -0.459 e. The van der Waals surface area contributed by atoms with Gasteiger partial charge in [0, 0.05) is 31.1 Å². The summed E-state index contributed by atoms with van der Waals surface area (Å²) in [5.41, 5.74) is 0. The number of aromatic nitrogens is 2. The van der Waals surface area contributed by atoms with Crippen molar-refractivity contribution in [2.24, 2.45) is 0 Å². The first-order valence-electron chi connectivity index (χ1n) is 7.63. The Morgan fingerprint density at radius 1 is 1.29 bits per heavy atom. The third-order valence-corrected chi connectivity index (χ3v) is 5.18. The van der Waals surface area contributed by atoms with Crippen LogP contribution in [0.2, 0.25) is 5.28 Å². The number of amides is 1. The summed E-state index contributed by atoms with van der Waals surface area (Å²) in [7, 11) is 0. The van der Waals surface area contributed by atoms with Crippen molar-refractivity contribution in [1.82, 2.24) is 14.9 Å². The van der Waals surface area contributed by atoms with Crippen LogP contribution < -0.4 is 4.90 Å². The van der Waals surface area contributed by atoms with Crippen LogP contribution in [-0.4, -0.2) is 47.0 Å². The standard InChI is InChI=1S/C16H15ClN4O2S/c1-10-9-11-13(18-16(17)19-14(11)24-10)20-4-6-21(7-5-20)15(22)12-3-2-8-23-12/h2-3,8-9H,4-7H2,1H3. The number of carbonyl (C=O) groups is 1. The molecule has 1 aliphatic rings. The van der Waals surface area contributed by atoms with Crippen molar-refractivity contribution in [2.75, 3.05) is 31.1 Å². The zero-order chi connectivity index (χ0) is 16.7. The van der Waals surface area contributed by atoms with E-state index in [1.54, 1.807) is 28.4 Å². The normalized spacial score (nSPS) is 15.2. The molecular weight excluding hydrogens is 348 g/mol.